The molecule has 1 aromatic heterocycles. The number of nitrogen functional groups attached to an aromatic ring is 1. The third-order valence-corrected chi connectivity index (χ3v) is 3.46. The summed E-state index contributed by atoms with van der Waals surface area (Å²) in [4.78, 5) is 23.7. The fourth-order valence-electron chi connectivity index (χ4n) is 1.56. The van der Waals surface area contributed by atoms with E-state index in [1.54, 1.807) is 41.8 Å². The van der Waals surface area contributed by atoms with E-state index in [4.69, 9.17) is 10.8 Å². The number of nitrogens with two attached hydrogens (primary N) is 1. The molecule has 0 saturated carbocycles. The van der Waals surface area contributed by atoms with Crippen LogP contribution in [-0.4, -0.2) is 17.0 Å². The SMILES string of the molecule is Nc1ccc(C(=O)NC(C(=O)O)c2cccs2)cc1. The first-order valence-electron chi connectivity index (χ1n) is 5.50. The monoisotopic (exact) mass is 276 g/mol. The van der Waals surface area contributed by atoms with Crippen molar-refractivity contribution in [2.24, 2.45) is 0 Å². The molecule has 1 aromatic carbocycles. The molecular formula is C13H12N2O3S. The van der Waals surface area contributed by atoms with Crippen LogP contribution >= 0.6 is 11.3 Å². The molecule has 2 aromatic rings. The highest BCUT2D eigenvalue weighted by Gasteiger charge is 2.23. The van der Waals surface area contributed by atoms with Crippen molar-refractivity contribution in [3.05, 3.63) is 52.2 Å². The Morgan fingerprint density at radius 1 is 1.21 bits per heavy atom. The number of hydrogen-bond donors (Lipinski definition) is 3. The smallest absolute Gasteiger partial charge is 0.331 e. The summed E-state index contributed by atoms with van der Waals surface area (Å²) in [6.07, 6.45) is 0. The first-order valence-corrected chi connectivity index (χ1v) is 6.38. The molecule has 0 spiro atoms. The van der Waals surface area contributed by atoms with Crippen molar-refractivity contribution in [2.75, 3.05) is 5.73 Å². The Kier molecular flexibility index (Phi) is 3.82. The summed E-state index contributed by atoms with van der Waals surface area (Å²) in [6, 6.07) is 8.67. The minimum Gasteiger partial charge on any atom is -0.479 e. The van der Waals surface area contributed by atoms with Gasteiger partial charge >= 0.3 is 5.97 Å². The maximum Gasteiger partial charge on any atom is 0.331 e. The summed E-state index contributed by atoms with van der Waals surface area (Å²) in [5.41, 5.74) is 6.45. The van der Waals surface area contributed by atoms with Crippen LogP contribution in [0, 0.1) is 0 Å². The summed E-state index contributed by atoms with van der Waals surface area (Å²) in [6.45, 7) is 0. The van der Waals surface area contributed by atoms with Crippen LogP contribution < -0.4 is 11.1 Å². The van der Waals surface area contributed by atoms with Gasteiger partial charge in [0.2, 0.25) is 0 Å². The zero-order valence-electron chi connectivity index (χ0n) is 9.87. The molecule has 0 radical (unpaired) electrons. The largest absolute Gasteiger partial charge is 0.479 e. The van der Waals surface area contributed by atoms with Gasteiger partial charge in [-0.3, -0.25) is 4.79 Å². The first-order chi connectivity index (χ1) is 9.08. The molecule has 0 bridgehead atoms. The molecule has 2 rings (SSSR count). The Morgan fingerprint density at radius 2 is 1.89 bits per heavy atom. The van der Waals surface area contributed by atoms with Crippen molar-refractivity contribution in [1.29, 1.82) is 0 Å². The number of nitrogens with one attached hydrogen (secondary N) is 1. The topological polar surface area (TPSA) is 92.4 Å². The van der Waals surface area contributed by atoms with Crippen LogP contribution in [-0.2, 0) is 4.79 Å². The number of anilines is 1. The molecule has 0 aliphatic carbocycles. The highest BCUT2D eigenvalue weighted by Crippen LogP contribution is 2.19. The molecule has 0 fully saturated rings. The third kappa shape index (κ3) is 3.11. The van der Waals surface area contributed by atoms with Gasteiger partial charge in [0.25, 0.3) is 5.91 Å². The average Bonchev–Trinajstić information content (AvgIpc) is 2.89. The van der Waals surface area contributed by atoms with Crippen LogP contribution in [0.1, 0.15) is 21.3 Å². The summed E-state index contributed by atoms with van der Waals surface area (Å²) in [5, 5.41) is 13.4. The first kappa shape index (κ1) is 13.1. The standard InChI is InChI=1S/C13H12N2O3S/c14-9-5-3-8(4-6-9)12(16)15-11(13(17)18)10-2-1-7-19-10/h1-7,11H,14H2,(H,15,16)(H,17,18). The third-order valence-electron chi connectivity index (χ3n) is 2.52. The minimum absolute atomic E-state index is 0.372. The second-order valence-electron chi connectivity index (χ2n) is 3.88. The number of carbonyl (C=O) groups is 2. The van der Waals surface area contributed by atoms with E-state index in [1.807, 2.05) is 0 Å². The number of aliphatic carboxylic acids is 1. The molecule has 1 atom stereocenters. The quantitative estimate of drug-likeness (QED) is 0.743. The van der Waals surface area contributed by atoms with Crippen LogP contribution in [0.5, 0.6) is 0 Å². The van der Waals surface area contributed by atoms with Crippen molar-refractivity contribution >= 4 is 28.9 Å². The van der Waals surface area contributed by atoms with E-state index in [-0.39, 0.29) is 0 Å². The molecule has 6 heteroatoms. The molecule has 1 amide bonds. The number of thiophene rings is 1. The Hall–Kier alpha value is -2.34. The normalized spacial score (nSPS) is 11.8. The van der Waals surface area contributed by atoms with Crippen LogP contribution in [0.15, 0.2) is 41.8 Å². The highest BCUT2D eigenvalue weighted by atomic mass is 32.1. The Balaban J connectivity index is 2.16. The minimum atomic E-state index is -1.09. The maximum atomic E-state index is 12.0. The molecule has 0 saturated heterocycles. The summed E-state index contributed by atoms with van der Waals surface area (Å²) < 4.78 is 0. The number of benzene rings is 1. The number of rotatable bonds is 4. The maximum absolute atomic E-state index is 12.0. The van der Waals surface area contributed by atoms with Gasteiger partial charge in [0.15, 0.2) is 6.04 Å². The van der Waals surface area contributed by atoms with E-state index in [0.29, 0.717) is 16.1 Å². The van der Waals surface area contributed by atoms with Gasteiger partial charge in [-0.15, -0.1) is 11.3 Å². The number of carboxylic acids is 1. The van der Waals surface area contributed by atoms with Gasteiger partial charge in [-0.1, -0.05) is 6.07 Å². The number of carbonyl (C=O) groups excluding carboxylic acids is 1. The van der Waals surface area contributed by atoms with Crippen LogP contribution in [0.25, 0.3) is 0 Å². The van der Waals surface area contributed by atoms with Gasteiger partial charge in [-0.2, -0.15) is 0 Å². The van der Waals surface area contributed by atoms with Crippen molar-refractivity contribution in [1.82, 2.24) is 5.32 Å². The van der Waals surface area contributed by atoms with Crippen LogP contribution in [0.4, 0.5) is 5.69 Å². The van der Waals surface area contributed by atoms with Crippen molar-refractivity contribution in [3.8, 4) is 0 Å². The Morgan fingerprint density at radius 3 is 2.42 bits per heavy atom. The lowest BCUT2D eigenvalue weighted by Gasteiger charge is -2.13. The summed E-state index contributed by atoms with van der Waals surface area (Å²) >= 11 is 1.28. The molecule has 5 nitrogen and oxygen atoms in total. The van der Waals surface area contributed by atoms with Gasteiger partial charge in [0.05, 0.1) is 0 Å². The van der Waals surface area contributed by atoms with E-state index in [1.165, 1.54) is 11.3 Å². The fraction of sp³-hybridized carbons (Fsp3) is 0.0769. The zero-order valence-corrected chi connectivity index (χ0v) is 10.7. The Bertz CT molecular complexity index is 578. The number of hydrogen-bond acceptors (Lipinski definition) is 4. The molecule has 1 unspecified atom stereocenters. The van der Waals surface area contributed by atoms with Crippen molar-refractivity contribution in [2.45, 2.75) is 6.04 Å². The van der Waals surface area contributed by atoms with Gasteiger partial charge in [0, 0.05) is 16.1 Å². The number of carboxylic acid groups (broad SMARTS) is 1. The Labute approximate surface area is 113 Å². The molecule has 0 aliphatic rings. The van der Waals surface area contributed by atoms with Gasteiger partial charge < -0.3 is 16.2 Å². The van der Waals surface area contributed by atoms with E-state index in [2.05, 4.69) is 5.32 Å². The second kappa shape index (κ2) is 5.53. The lowest BCUT2D eigenvalue weighted by atomic mass is 10.1. The highest BCUT2D eigenvalue weighted by molar-refractivity contribution is 7.10. The lowest BCUT2D eigenvalue weighted by molar-refractivity contribution is -0.139. The van der Waals surface area contributed by atoms with Gasteiger partial charge in [-0.25, -0.2) is 4.79 Å². The van der Waals surface area contributed by atoms with E-state index < -0.39 is 17.9 Å². The molecule has 1 heterocycles. The fourth-order valence-corrected chi connectivity index (χ4v) is 2.33. The predicted octanol–water partition coefficient (Wildman–Crippen LogP) is 1.89. The number of amides is 1. The van der Waals surface area contributed by atoms with Gasteiger partial charge in [-0.05, 0) is 35.7 Å². The van der Waals surface area contributed by atoms with Crippen LogP contribution in [0.3, 0.4) is 0 Å². The van der Waals surface area contributed by atoms with E-state index in [9.17, 15) is 9.59 Å². The zero-order chi connectivity index (χ0) is 13.8. The van der Waals surface area contributed by atoms with Crippen molar-refractivity contribution < 1.29 is 14.7 Å². The molecule has 98 valence electrons. The van der Waals surface area contributed by atoms with E-state index >= 15 is 0 Å². The second-order valence-corrected chi connectivity index (χ2v) is 4.86. The predicted molar refractivity (Wildman–Crippen MR) is 73.0 cm³/mol. The van der Waals surface area contributed by atoms with Crippen molar-refractivity contribution in [3.63, 3.8) is 0 Å². The lowest BCUT2D eigenvalue weighted by Crippen LogP contribution is -2.33. The molecular weight excluding hydrogens is 264 g/mol. The molecule has 0 aliphatic heterocycles. The van der Waals surface area contributed by atoms with Crippen LogP contribution in [0.2, 0.25) is 0 Å². The molecule has 4 N–H and O–H groups in total. The molecule has 19 heavy (non-hydrogen) atoms. The van der Waals surface area contributed by atoms with E-state index in [0.717, 1.165) is 0 Å². The summed E-state index contributed by atoms with van der Waals surface area (Å²) in [5.74, 6) is -1.54. The van der Waals surface area contributed by atoms with Gasteiger partial charge in [0.1, 0.15) is 0 Å². The summed E-state index contributed by atoms with van der Waals surface area (Å²) in [7, 11) is 0. The average molecular weight is 276 g/mol.